The summed E-state index contributed by atoms with van der Waals surface area (Å²) in [4.78, 5) is 26.4. The Morgan fingerprint density at radius 2 is 1.27 bits per heavy atom. The fraction of sp³-hybridized carbons (Fsp3) is 0.657. The number of nitrogens with one attached hydrogen (secondary N) is 1. The predicted molar refractivity (Wildman–Crippen MR) is 167 cm³/mol. The molecule has 41 heavy (non-hydrogen) atoms. The fourth-order valence-corrected chi connectivity index (χ4v) is 5.89. The Balaban J connectivity index is 2.15. The summed E-state index contributed by atoms with van der Waals surface area (Å²) in [5.74, 6) is -0.847. The number of rotatable bonds is 20. The van der Waals surface area contributed by atoms with Crippen LogP contribution in [-0.2, 0) is 25.5 Å². The molecule has 0 fully saturated rings. The number of carbonyl (C=O) groups is 2. The Bertz CT molecular complexity index is 1030. The number of ether oxygens (including phenoxy) is 3. The molecular formula is C35H55NO5. The lowest BCUT2D eigenvalue weighted by Gasteiger charge is -2.32. The van der Waals surface area contributed by atoms with E-state index in [0.717, 1.165) is 30.4 Å². The summed E-state index contributed by atoms with van der Waals surface area (Å²) in [5, 5.41) is 3.22. The first-order valence-electron chi connectivity index (χ1n) is 16.1. The number of allylic oxidation sites excluding steroid dienone is 2. The molecule has 1 atom stereocenters. The minimum Gasteiger partial charge on any atom is -0.494 e. The fourth-order valence-electron chi connectivity index (χ4n) is 5.89. The van der Waals surface area contributed by atoms with Crippen LogP contribution in [0.4, 0.5) is 0 Å². The lowest BCUT2D eigenvalue weighted by Crippen LogP contribution is -2.33. The normalized spacial score (nSPS) is 15.1. The van der Waals surface area contributed by atoms with E-state index in [4.69, 9.17) is 14.2 Å². The van der Waals surface area contributed by atoms with Crippen molar-refractivity contribution in [1.82, 2.24) is 5.32 Å². The van der Waals surface area contributed by atoms with E-state index in [2.05, 4.69) is 18.3 Å². The molecule has 1 heterocycles. The number of esters is 2. The first kappa shape index (κ1) is 34.4. The molecule has 2 rings (SSSR count). The van der Waals surface area contributed by atoms with Crippen LogP contribution in [0.5, 0.6) is 5.75 Å². The van der Waals surface area contributed by atoms with Gasteiger partial charge in [0, 0.05) is 17.0 Å². The number of hydrogen-bond donors (Lipinski definition) is 1. The predicted octanol–water partition coefficient (Wildman–Crippen LogP) is 8.69. The van der Waals surface area contributed by atoms with Gasteiger partial charge in [-0.05, 0) is 52.2 Å². The molecule has 6 nitrogen and oxygen atoms in total. The highest BCUT2D eigenvalue weighted by Gasteiger charge is 2.40. The van der Waals surface area contributed by atoms with Gasteiger partial charge in [0.25, 0.3) is 0 Å². The van der Waals surface area contributed by atoms with Crippen molar-refractivity contribution in [3.63, 3.8) is 0 Å². The Hall–Kier alpha value is -2.76. The van der Waals surface area contributed by atoms with Crippen molar-refractivity contribution < 1.29 is 23.8 Å². The van der Waals surface area contributed by atoms with Crippen molar-refractivity contribution in [3.05, 3.63) is 51.9 Å². The van der Waals surface area contributed by atoms with Crippen molar-refractivity contribution in [2.75, 3.05) is 20.3 Å². The molecule has 1 aromatic rings. The number of methoxy groups -OCH3 is 1. The second-order valence-corrected chi connectivity index (χ2v) is 11.1. The number of benzene rings is 1. The highest BCUT2D eigenvalue weighted by atomic mass is 16.5. The molecule has 0 saturated carbocycles. The Labute approximate surface area is 249 Å². The average Bonchev–Trinajstić information content (AvgIpc) is 2.95. The largest absolute Gasteiger partial charge is 0.494 e. The summed E-state index contributed by atoms with van der Waals surface area (Å²) in [6, 6.07) is 6.03. The maximum atomic E-state index is 13.3. The monoisotopic (exact) mass is 569 g/mol. The molecule has 0 aromatic heterocycles. The van der Waals surface area contributed by atoms with Crippen LogP contribution in [0.1, 0.15) is 135 Å². The molecule has 0 aliphatic carbocycles. The van der Waals surface area contributed by atoms with Gasteiger partial charge in [-0.15, -0.1) is 0 Å². The van der Waals surface area contributed by atoms with Gasteiger partial charge in [-0.1, -0.05) is 96.1 Å². The number of hydrogen-bond acceptors (Lipinski definition) is 6. The van der Waals surface area contributed by atoms with Gasteiger partial charge >= 0.3 is 11.9 Å². The first-order chi connectivity index (χ1) is 19.9. The van der Waals surface area contributed by atoms with Gasteiger partial charge in [-0.2, -0.15) is 0 Å². The standard InChI is InChI=1S/C35H55NO5/c1-7-10-11-12-13-14-15-16-17-18-19-20-21-23-28-24-22-25-29(40-8-2)32(28)33-30(34(37)39-6)26(4)36-27(5)31(33)35(38)41-9-3/h22,24-25,33,36H,7-21,23H2,1-6H3. The molecule has 0 radical (unpaired) electrons. The Kier molecular flexibility index (Phi) is 16.3. The van der Waals surface area contributed by atoms with Gasteiger partial charge < -0.3 is 19.5 Å². The lowest BCUT2D eigenvalue weighted by atomic mass is 9.77. The van der Waals surface area contributed by atoms with Gasteiger partial charge in [-0.3, -0.25) is 0 Å². The minimum atomic E-state index is -0.637. The summed E-state index contributed by atoms with van der Waals surface area (Å²) >= 11 is 0. The van der Waals surface area contributed by atoms with E-state index < -0.39 is 17.9 Å². The van der Waals surface area contributed by atoms with Crippen LogP contribution >= 0.6 is 0 Å². The third kappa shape index (κ3) is 10.5. The van der Waals surface area contributed by atoms with Crippen LogP contribution in [0.25, 0.3) is 0 Å². The maximum Gasteiger partial charge on any atom is 0.336 e. The molecule has 0 saturated heterocycles. The number of dihydropyridines is 1. The molecular weight excluding hydrogens is 514 g/mol. The van der Waals surface area contributed by atoms with Crippen molar-refractivity contribution >= 4 is 11.9 Å². The molecule has 1 aliphatic rings. The van der Waals surface area contributed by atoms with E-state index in [1.807, 2.05) is 32.9 Å². The van der Waals surface area contributed by atoms with Crippen LogP contribution in [0, 0.1) is 0 Å². The molecule has 1 aliphatic heterocycles. The van der Waals surface area contributed by atoms with Crippen molar-refractivity contribution in [1.29, 1.82) is 0 Å². The van der Waals surface area contributed by atoms with Crippen LogP contribution < -0.4 is 10.1 Å². The highest BCUT2D eigenvalue weighted by Crippen LogP contribution is 2.44. The summed E-state index contributed by atoms with van der Waals surface area (Å²) in [6.45, 7) is 10.4. The quantitative estimate of drug-likeness (QED) is 0.125. The first-order valence-corrected chi connectivity index (χ1v) is 16.1. The Morgan fingerprint density at radius 3 is 1.78 bits per heavy atom. The SMILES string of the molecule is CCCCCCCCCCCCCCCc1cccc(OCC)c1C1C(C(=O)OC)=C(C)NC(C)=C1C(=O)OCC. The van der Waals surface area contributed by atoms with Gasteiger partial charge in [0.05, 0.1) is 37.4 Å². The molecule has 230 valence electrons. The summed E-state index contributed by atoms with van der Waals surface area (Å²) in [6.07, 6.45) is 17.8. The van der Waals surface area contributed by atoms with E-state index in [0.29, 0.717) is 34.9 Å². The van der Waals surface area contributed by atoms with Crippen molar-refractivity contribution in [2.24, 2.45) is 0 Å². The summed E-state index contributed by atoms with van der Waals surface area (Å²) < 4.78 is 16.8. The zero-order chi connectivity index (χ0) is 30.0. The minimum absolute atomic E-state index is 0.248. The van der Waals surface area contributed by atoms with E-state index in [1.165, 1.54) is 77.7 Å². The lowest BCUT2D eigenvalue weighted by molar-refractivity contribution is -0.139. The molecule has 6 heteroatoms. The van der Waals surface area contributed by atoms with Gasteiger partial charge in [-0.25, -0.2) is 9.59 Å². The second-order valence-electron chi connectivity index (χ2n) is 11.1. The van der Waals surface area contributed by atoms with Crippen LogP contribution in [0.15, 0.2) is 40.7 Å². The van der Waals surface area contributed by atoms with Gasteiger partial charge in [0.1, 0.15) is 5.75 Å². The Morgan fingerprint density at radius 1 is 0.732 bits per heavy atom. The molecule has 1 aromatic carbocycles. The average molecular weight is 570 g/mol. The molecule has 1 N–H and O–H groups in total. The zero-order valence-corrected chi connectivity index (χ0v) is 26.7. The number of unbranched alkanes of at least 4 members (excludes halogenated alkanes) is 12. The third-order valence-corrected chi connectivity index (χ3v) is 7.96. The van der Waals surface area contributed by atoms with Gasteiger partial charge in [0.2, 0.25) is 0 Å². The van der Waals surface area contributed by atoms with Crippen LogP contribution in [0.2, 0.25) is 0 Å². The second kappa shape index (κ2) is 19.4. The molecule has 0 amide bonds. The smallest absolute Gasteiger partial charge is 0.336 e. The van der Waals surface area contributed by atoms with Crippen LogP contribution in [0.3, 0.4) is 0 Å². The van der Waals surface area contributed by atoms with E-state index in [9.17, 15) is 9.59 Å². The van der Waals surface area contributed by atoms with Gasteiger partial charge in [0.15, 0.2) is 0 Å². The van der Waals surface area contributed by atoms with Crippen LogP contribution in [-0.4, -0.2) is 32.3 Å². The van der Waals surface area contributed by atoms with E-state index >= 15 is 0 Å². The zero-order valence-electron chi connectivity index (χ0n) is 26.7. The van der Waals surface area contributed by atoms with Crippen molar-refractivity contribution in [2.45, 2.75) is 130 Å². The maximum absolute atomic E-state index is 13.3. The molecule has 0 spiro atoms. The number of aryl methyl sites for hydroxylation is 1. The highest BCUT2D eigenvalue weighted by molar-refractivity contribution is 6.00. The number of carbonyl (C=O) groups excluding carboxylic acids is 2. The molecule has 1 unspecified atom stereocenters. The summed E-state index contributed by atoms with van der Waals surface area (Å²) in [5.41, 5.74) is 4.14. The topological polar surface area (TPSA) is 73.9 Å². The van der Waals surface area contributed by atoms with E-state index in [1.54, 1.807) is 6.92 Å². The molecule has 0 bridgehead atoms. The van der Waals surface area contributed by atoms with Crippen molar-refractivity contribution in [3.8, 4) is 5.75 Å². The third-order valence-electron chi connectivity index (χ3n) is 7.96. The summed E-state index contributed by atoms with van der Waals surface area (Å²) in [7, 11) is 1.37. The van der Waals surface area contributed by atoms with E-state index in [-0.39, 0.29) is 6.61 Å².